The molecule has 6 nitrogen and oxygen atoms in total. The van der Waals surface area contributed by atoms with Crippen LogP contribution < -0.4 is 10.2 Å². The maximum Gasteiger partial charge on any atom is 0.229 e. The van der Waals surface area contributed by atoms with E-state index in [0.717, 1.165) is 60.3 Å². The molecule has 2 aromatic heterocycles. The number of rotatable bonds is 6. The van der Waals surface area contributed by atoms with Crippen molar-refractivity contribution in [1.29, 1.82) is 0 Å². The largest absolute Gasteiger partial charge is 0.394 e. The molecule has 1 unspecified atom stereocenters. The lowest BCUT2D eigenvalue weighted by molar-refractivity contribution is 0.266. The van der Waals surface area contributed by atoms with Crippen LogP contribution >= 0.6 is 0 Å². The molecule has 3 aromatic rings. The molecule has 3 heterocycles. The molecular weight excluding hydrogens is 338 g/mol. The van der Waals surface area contributed by atoms with Crippen molar-refractivity contribution in [2.75, 3.05) is 23.4 Å². The molecule has 0 spiro atoms. The first-order chi connectivity index (χ1) is 13.3. The zero-order valence-electron chi connectivity index (χ0n) is 15.6. The molecule has 0 radical (unpaired) electrons. The number of hydrogen-bond donors (Lipinski definition) is 2. The van der Waals surface area contributed by atoms with Gasteiger partial charge in [-0.1, -0.05) is 19.4 Å². The summed E-state index contributed by atoms with van der Waals surface area (Å²) in [6, 6.07) is 12.2. The smallest absolute Gasteiger partial charge is 0.229 e. The van der Waals surface area contributed by atoms with Crippen LogP contribution in [0.5, 0.6) is 0 Å². The normalized spacial score (nSPS) is 16.8. The van der Waals surface area contributed by atoms with E-state index in [0.29, 0.717) is 5.95 Å². The highest BCUT2D eigenvalue weighted by Gasteiger charge is 2.25. The van der Waals surface area contributed by atoms with Gasteiger partial charge in [0.15, 0.2) is 0 Å². The van der Waals surface area contributed by atoms with Crippen LogP contribution in [0.3, 0.4) is 0 Å². The van der Waals surface area contributed by atoms with Gasteiger partial charge in [-0.05, 0) is 43.5 Å². The zero-order valence-corrected chi connectivity index (χ0v) is 15.6. The predicted molar refractivity (Wildman–Crippen MR) is 109 cm³/mol. The monoisotopic (exact) mass is 363 g/mol. The molecule has 4 rings (SSSR count). The van der Waals surface area contributed by atoms with Gasteiger partial charge in [0.1, 0.15) is 5.82 Å². The Morgan fingerprint density at radius 1 is 1.22 bits per heavy atom. The number of nitrogens with zero attached hydrogens (tertiary/aromatic N) is 4. The number of aliphatic hydroxyl groups is 1. The van der Waals surface area contributed by atoms with Crippen LogP contribution in [-0.2, 0) is 6.42 Å². The van der Waals surface area contributed by atoms with E-state index in [1.807, 2.05) is 24.3 Å². The first kappa shape index (κ1) is 17.7. The van der Waals surface area contributed by atoms with Gasteiger partial charge in [-0.25, -0.2) is 4.98 Å². The molecule has 0 bridgehead atoms. The number of pyridine rings is 1. The zero-order chi connectivity index (χ0) is 18.6. The second-order valence-electron chi connectivity index (χ2n) is 7.00. The standard InChI is InChI=1S/C21H25N5O/c1-2-5-16-13-20(26-11-4-7-18(26)14-27)25-21(23-16)24-17-8-9-19-15(12-17)6-3-10-22-19/h3,6,8-10,12-13,18,27H,2,4-5,7,11,14H2,1H3,(H,23,24,25). The van der Waals surface area contributed by atoms with Crippen LogP contribution in [0.25, 0.3) is 10.9 Å². The Balaban J connectivity index is 1.66. The Morgan fingerprint density at radius 2 is 2.15 bits per heavy atom. The molecule has 1 atom stereocenters. The molecule has 1 aliphatic heterocycles. The van der Waals surface area contributed by atoms with E-state index in [9.17, 15) is 5.11 Å². The minimum absolute atomic E-state index is 0.147. The van der Waals surface area contributed by atoms with Crippen molar-refractivity contribution in [2.45, 2.75) is 38.6 Å². The second kappa shape index (κ2) is 7.88. The summed E-state index contributed by atoms with van der Waals surface area (Å²) in [4.78, 5) is 16.0. The highest BCUT2D eigenvalue weighted by atomic mass is 16.3. The Kier molecular flexibility index (Phi) is 5.16. The van der Waals surface area contributed by atoms with E-state index in [1.165, 1.54) is 0 Å². The third-order valence-corrected chi connectivity index (χ3v) is 5.01. The van der Waals surface area contributed by atoms with Crippen molar-refractivity contribution in [3.8, 4) is 0 Å². The van der Waals surface area contributed by atoms with Gasteiger partial charge < -0.3 is 15.3 Å². The van der Waals surface area contributed by atoms with Crippen LogP contribution in [0.2, 0.25) is 0 Å². The molecule has 140 valence electrons. The van der Waals surface area contributed by atoms with Crippen molar-refractivity contribution in [1.82, 2.24) is 15.0 Å². The summed E-state index contributed by atoms with van der Waals surface area (Å²) in [5.41, 5.74) is 2.93. The highest BCUT2D eigenvalue weighted by Crippen LogP contribution is 2.27. The molecule has 27 heavy (non-hydrogen) atoms. The fourth-order valence-electron chi connectivity index (χ4n) is 3.68. The summed E-state index contributed by atoms with van der Waals surface area (Å²) in [5.74, 6) is 1.50. The molecule has 1 aliphatic rings. The minimum Gasteiger partial charge on any atom is -0.394 e. The Morgan fingerprint density at radius 3 is 3.00 bits per heavy atom. The fourth-order valence-corrected chi connectivity index (χ4v) is 3.68. The lowest BCUT2D eigenvalue weighted by Gasteiger charge is -2.25. The quantitative estimate of drug-likeness (QED) is 0.696. The average Bonchev–Trinajstić information content (AvgIpc) is 3.17. The Labute approximate surface area is 159 Å². The van der Waals surface area contributed by atoms with Crippen molar-refractivity contribution in [2.24, 2.45) is 0 Å². The van der Waals surface area contributed by atoms with Gasteiger partial charge in [0.05, 0.1) is 18.2 Å². The Hall–Kier alpha value is -2.73. The highest BCUT2D eigenvalue weighted by molar-refractivity contribution is 5.82. The van der Waals surface area contributed by atoms with Crippen LogP contribution in [0.15, 0.2) is 42.6 Å². The predicted octanol–water partition coefficient (Wildman–Crippen LogP) is 3.68. The summed E-state index contributed by atoms with van der Waals surface area (Å²) >= 11 is 0. The third kappa shape index (κ3) is 3.85. The van der Waals surface area contributed by atoms with Gasteiger partial charge in [-0.15, -0.1) is 0 Å². The Bertz CT molecular complexity index is 929. The van der Waals surface area contributed by atoms with Gasteiger partial charge in [-0.2, -0.15) is 4.98 Å². The van der Waals surface area contributed by atoms with E-state index in [4.69, 9.17) is 9.97 Å². The maximum absolute atomic E-state index is 9.67. The van der Waals surface area contributed by atoms with Crippen LogP contribution in [-0.4, -0.2) is 39.3 Å². The number of nitrogens with one attached hydrogen (secondary N) is 1. The number of anilines is 3. The molecule has 0 aliphatic carbocycles. The minimum atomic E-state index is 0.147. The van der Waals surface area contributed by atoms with Crippen molar-refractivity contribution >= 4 is 28.4 Å². The third-order valence-electron chi connectivity index (χ3n) is 5.01. The number of hydrogen-bond acceptors (Lipinski definition) is 6. The molecule has 0 amide bonds. The molecule has 1 aromatic carbocycles. The summed E-state index contributed by atoms with van der Waals surface area (Å²) < 4.78 is 0. The second-order valence-corrected chi connectivity index (χ2v) is 7.00. The van der Waals surface area contributed by atoms with Crippen molar-refractivity contribution in [3.05, 3.63) is 48.3 Å². The van der Waals surface area contributed by atoms with E-state index in [2.05, 4.69) is 34.3 Å². The van der Waals surface area contributed by atoms with Crippen LogP contribution in [0.4, 0.5) is 17.5 Å². The van der Waals surface area contributed by atoms with Gasteiger partial charge in [-0.3, -0.25) is 4.98 Å². The molecule has 6 heteroatoms. The number of benzene rings is 1. The van der Waals surface area contributed by atoms with Crippen LogP contribution in [0.1, 0.15) is 31.9 Å². The molecule has 2 N–H and O–H groups in total. The number of fused-ring (bicyclic) bond motifs is 1. The summed E-state index contributed by atoms with van der Waals surface area (Å²) in [5, 5.41) is 14.1. The first-order valence-electron chi connectivity index (χ1n) is 9.64. The SMILES string of the molecule is CCCc1cc(N2CCCC2CO)nc(Nc2ccc3ncccc3c2)n1. The molecule has 1 saturated heterocycles. The van der Waals surface area contributed by atoms with Crippen LogP contribution in [0, 0.1) is 0 Å². The van der Waals surface area contributed by atoms with E-state index in [-0.39, 0.29) is 12.6 Å². The molecule has 0 saturated carbocycles. The first-order valence-corrected chi connectivity index (χ1v) is 9.64. The topological polar surface area (TPSA) is 74.2 Å². The maximum atomic E-state index is 9.67. The van der Waals surface area contributed by atoms with E-state index in [1.54, 1.807) is 6.20 Å². The van der Waals surface area contributed by atoms with E-state index < -0.39 is 0 Å². The van der Waals surface area contributed by atoms with Gasteiger partial charge >= 0.3 is 0 Å². The lowest BCUT2D eigenvalue weighted by Crippen LogP contribution is -2.33. The van der Waals surface area contributed by atoms with E-state index >= 15 is 0 Å². The lowest BCUT2D eigenvalue weighted by atomic mass is 10.2. The van der Waals surface area contributed by atoms with Gasteiger partial charge in [0.25, 0.3) is 0 Å². The fraction of sp³-hybridized carbons (Fsp3) is 0.381. The summed E-state index contributed by atoms with van der Waals surface area (Å²) in [6.07, 6.45) is 5.82. The van der Waals surface area contributed by atoms with Crippen molar-refractivity contribution in [3.63, 3.8) is 0 Å². The van der Waals surface area contributed by atoms with Crippen molar-refractivity contribution < 1.29 is 5.11 Å². The average molecular weight is 363 g/mol. The summed E-state index contributed by atoms with van der Waals surface area (Å²) in [7, 11) is 0. The van der Waals surface area contributed by atoms with Gasteiger partial charge in [0.2, 0.25) is 5.95 Å². The number of aliphatic hydroxyl groups excluding tert-OH is 1. The molecular formula is C21H25N5O. The molecule has 1 fully saturated rings. The number of aromatic nitrogens is 3. The number of aryl methyl sites for hydroxylation is 1. The summed E-state index contributed by atoms with van der Waals surface area (Å²) in [6.45, 7) is 3.24. The van der Waals surface area contributed by atoms with Gasteiger partial charge in [0, 0.05) is 35.6 Å².